The lowest BCUT2D eigenvalue weighted by Gasteiger charge is -2.23. The van der Waals surface area contributed by atoms with Crippen molar-refractivity contribution in [1.82, 2.24) is 0 Å². The highest BCUT2D eigenvalue weighted by atomic mass is 79.9. The van der Waals surface area contributed by atoms with Gasteiger partial charge in [-0.2, -0.15) is 0 Å². The van der Waals surface area contributed by atoms with Gasteiger partial charge in [-0.3, -0.25) is 0 Å². The highest BCUT2D eigenvalue weighted by Gasteiger charge is 2.19. The number of methoxy groups -OCH3 is 1. The Hall–Kier alpha value is -0.500. The smallest absolute Gasteiger partial charge is 0.122 e. The van der Waals surface area contributed by atoms with Crippen LogP contribution < -0.4 is 4.74 Å². The van der Waals surface area contributed by atoms with Crippen LogP contribution in [0.15, 0.2) is 12.1 Å². The first-order valence-corrected chi connectivity index (χ1v) is 6.72. The van der Waals surface area contributed by atoms with E-state index in [0.717, 1.165) is 17.5 Å². The van der Waals surface area contributed by atoms with Gasteiger partial charge in [-0.1, -0.05) is 35.8 Å². The van der Waals surface area contributed by atoms with E-state index in [1.807, 2.05) is 0 Å². The van der Waals surface area contributed by atoms with Crippen molar-refractivity contribution < 1.29 is 4.74 Å². The lowest BCUT2D eigenvalue weighted by atomic mass is 9.86. The first-order valence-electron chi connectivity index (χ1n) is 5.59. The van der Waals surface area contributed by atoms with Gasteiger partial charge in [-0.05, 0) is 48.4 Å². The van der Waals surface area contributed by atoms with E-state index >= 15 is 0 Å². The van der Waals surface area contributed by atoms with E-state index in [2.05, 4.69) is 55.8 Å². The van der Waals surface area contributed by atoms with Gasteiger partial charge in [-0.25, -0.2) is 0 Å². The molecule has 0 saturated heterocycles. The maximum atomic E-state index is 5.46. The van der Waals surface area contributed by atoms with Gasteiger partial charge in [0.15, 0.2) is 0 Å². The second-order valence-corrected chi connectivity index (χ2v) is 5.78. The minimum atomic E-state index is 0.259. The predicted octanol–water partition coefficient (Wildman–Crippen LogP) is 4.28. The third-order valence-corrected chi connectivity index (χ3v) is 4.45. The second kappa shape index (κ2) is 5.22. The Morgan fingerprint density at radius 2 is 1.75 bits per heavy atom. The molecular formula is C14H21BrO. The van der Waals surface area contributed by atoms with Crippen LogP contribution in [-0.4, -0.2) is 12.4 Å². The van der Waals surface area contributed by atoms with Crippen LogP contribution in [0.1, 0.15) is 30.5 Å². The number of halogens is 1. The lowest BCUT2D eigenvalue weighted by Crippen LogP contribution is -2.17. The van der Waals surface area contributed by atoms with Crippen molar-refractivity contribution in [3.63, 3.8) is 0 Å². The molecule has 1 nitrogen and oxygen atoms in total. The molecule has 0 spiro atoms. The van der Waals surface area contributed by atoms with Crippen LogP contribution in [0.25, 0.3) is 0 Å². The molecule has 0 fully saturated rings. The number of hydrogen-bond acceptors (Lipinski definition) is 1. The number of hydrogen-bond donors (Lipinski definition) is 0. The summed E-state index contributed by atoms with van der Waals surface area (Å²) in [4.78, 5) is 0. The van der Waals surface area contributed by atoms with Crippen LogP contribution in [0.4, 0.5) is 0 Å². The van der Waals surface area contributed by atoms with E-state index in [1.165, 1.54) is 16.7 Å². The molecule has 1 rings (SSSR count). The first-order chi connectivity index (χ1) is 7.39. The van der Waals surface area contributed by atoms with Gasteiger partial charge >= 0.3 is 0 Å². The Balaban J connectivity index is 3.08. The highest BCUT2D eigenvalue weighted by molar-refractivity contribution is 9.09. The summed E-state index contributed by atoms with van der Waals surface area (Å²) in [7, 11) is 1.74. The van der Waals surface area contributed by atoms with Crippen molar-refractivity contribution in [3.8, 4) is 5.75 Å². The monoisotopic (exact) mass is 284 g/mol. The molecule has 0 aromatic heterocycles. The maximum absolute atomic E-state index is 5.46. The van der Waals surface area contributed by atoms with E-state index < -0.39 is 0 Å². The largest absolute Gasteiger partial charge is 0.496 e. The van der Waals surface area contributed by atoms with Crippen molar-refractivity contribution in [1.29, 1.82) is 0 Å². The molecule has 0 bridgehead atoms. The number of alkyl halides is 1. The normalized spacial score (nSPS) is 11.6. The SMILES string of the molecule is COc1cc(C)c(C)cc1CC(C)(C)CBr. The minimum Gasteiger partial charge on any atom is -0.496 e. The molecule has 0 saturated carbocycles. The molecule has 16 heavy (non-hydrogen) atoms. The molecule has 0 aliphatic rings. The zero-order valence-corrected chi connectivity index (χ0v) is 12.4. The molecule has 2 heteroatoms. The van der Waals surface area contributed by atoms with Crippen molar-refractivity contribution in [2.45, 2.75) is 34.1 Å². The van der Waals surface area contributed by atoms with E-state index in [4.69, 9.17) is 4.74 Å². The minimum absolute atomic E-state index is 0.259. The molecule has 0 radical (unpaired) electrons. The number of ether oxygens (including phenoxy) is 1. The van der Waals surface area contributed by atoms with Crippen LogP contribution >= 0.6 is 15.9 Å². The Bertz CT molecular complexity index is 369. The van der Waals surface area contributed by atoms with Gasteiger partial charge in [0.2, 0.25) is 0 Å². The first kappa shape index (κ1) is 13.6. The third-order valence-electron chi connectivity index (χ3n) is 2.93. The quantitative estimate of drug-likeness (QED) is 0.750. The summed E-state index contributed by atoms with van der Waals surface area (Å²) in [5.41, 5.74) is 4.18. The van der Waals surface area contributed by atoms with Crippen LogP contribution in [-0.2, 0) is 6.42 Å². The maximum Gasteiger partial charge on any atom is 0.122 e. The van der Waals surface area contributed by atoms with E-state index in [1.54, 1.807) is 7.11 Å². The van der Waals surface area contributed by atoms with Crippen LogP contribution in [0, 0.1) is 19.3 Å². The third kappa shape index (κ3) is 3.24. The fourth-order valence-corrected chi connectivity index (χ4v) is 1.94. The average molecular weight is 285 g/mol. The number of rotatable bonds is 4. The lowest BCUT2D eigenvalue weighted by molar-refractivity contribution is 0.384. The van der Waals surface area contributed by atoms with Gasteiger partial charge in [0.25, 0.3) is 0 Å². The summed E-state index contributed by atoms with van der Waals surface area (Å²) in [6, 6.07) is 4.38. The zero-order valence-electron chi connectivity index (χ0n) is 10.9. The average Bonchev–Trinajstić information content (AvgIpc) is 2.22. The number of aryl methyl sites for hydroxylation is 2. The van der Waals surface area contributed by atoms with Gasteiger partial charge in [0.1, 0.15) is 5.75 Å². The van der Waals surface area contributed by atoms with Crippen molar-refractivity contribution in [3.05, 3.63) is 28.8 Å². The van der Waals surface area contributed by atoms with Crippen LogP contribution in [0.2, 0.25) is 0 Å². The second-order valence-electron chi connectivity index (χ2n) is 5.22. The molecule has 0 aliphatic carbocycles. The Kier molecular flexibility index (Phi) is 4.43. The van der Waals surface area contributed by atoms with Gasteiger partial charge in [0, 0.05) is 5.33 Å². The van der Waals surface area contributed by atoms with Crippen molar-refractivity contribution in [2.75, 3.05) is 12.4 Å². The summed E-state index contributed by atoms with van der Waals surface area (Å²) >= 11 is 3.57. The molecule has 0 unspecified atom stereocenters. The van der Waals surface area contributed by atoms with Crippen molar-refractivity contribution >= 4 is 15.9 Å². The molecule has 0 aliphatic heterocycles. The molecule has 1 aromatic carbocycles. The predicted molar refractivity (Wildman–Crippen MR) is 73.7 cm³/mol. The molecule has 0 atom stereocenters. The summed E-state index contributed by atoms with van der Waals surface area (Å²) in [5.74, 6) is 1.01. The Morgan fingerprint density at radius 3 is 2.25 bits per heavy atom. The summed E-state index contributed by atoms with van der Waals surface area (Å²) in [6.07, 6.45) is 1.03. The molecule has 90 valence electrons. The van der Waals surface area contributed by atoms with Crippen LogP contribution in [0.3, 0.4) is 0 Å². The Labute approximate surface area is 107 Å². The van der Waals surface area contributed by atoms with E-state index in [-0.39, 0.29) is 5.41 Å². The summed E-state index contributed by atoms with van der Waals surface area (Å²) in [5, 5.41) is 0.996. The van der Waals surface area contributed by atoms with Crippen molar-refractivity contribution in [2.24, 2.45) is 5.41 Å². The molecular weight excluding hydrogens is 264 g/mol. The standard InChI is InChI=1S/C14H21BrO/c1-10-6-12(8-14(3,4)9-15)13(16-5)7-11(10)2/h6-7H,8-9H2,1-5H3. The van der Waals surface area contributed by atoms with Gasteiger partial charge < -0.3 is 4.74 Å². The zero-order chi connectivity index (χ0) is 12.3. The fourth-order valence-electron chi connectivity index (χ4n) is 1.74. The topological polar surface area (TPSA) is 9.23 Å². The highest BCUT2D eigenvalue weighted by Crippen LogP contribution is 2.31. The Morgan fingerprint density at radius 1 is 1.19 bits per heavy atom. The van der Waals surface area contributed by atoms with E-state index in [0.29, 0.717) is 0 Å². The number of benzene rings is 1. The molecule has 0 heterocycles. The molecule has 0 N–H and O–H groups in total. The summed E-state index contributed by atoms with van der Waals surface area (Å²) < 4.78 is 5.46. The molecule has 1 aromatic rings. The molecule has 0 amide bonds. The van der Waals surface area contributed by atoms with Gasteiger partial charge in [-0.15, -0.1) is 0 Å². The fraction of sp³-hybridized carbons (Fsp3) is 0.571. The van der Waals surface area contributed by atoms with E-state index in [9.17, 15) is 0 Å². The van der Waals surface area contributed by atoms with Crippen LogP contribution in [0.5, 0.6) is 5.75 Å². The van der Waals surface area contributed by atoms with Gasteiger partial charge in [0.05, 0.1) is 7.11 Å². The summed E-state index contributed by atoms with van der Waals surface area (Å²) in [6.45, 7) is 8.80.